The first-order valence-electron chi connectivity index (χ1n) is 6.65. The molecule has 0 bridgehead atoms. The molecule has 0 aromatic heterocycles. The molecule has 0 spiro atoms. The molecule has 3 nitrogen and oxygen atoms in total. The summed E-state index contributed by atoms with van der Waals surface area (Å²) in [5, 5.41) is 3.43. The zero-order valence-corrected chi connectivity index (χ0v) is 10.9. The van der Waals surface area contributed by atoms with Crippen molar-refractivity contribution in [3.05, 3.63) is 0 Å². The van der Waals surface area contributed by atoms with Crippen LogP contribution in [0.1, 0.15) is 46.0 Å². The molecule has 0 amide bonds. The van der Waals surface area contributed by atoms with Gasteiger partial charge in [0.25, 0.3) is 0 Å². The second kappa shape index (κ2) is 7.25. The number of rotatable bonds is 10. The van der Waals surface area contributed by atoms with Crippen LogP contribution in [0.2, 0.25) is 0 Å². The summed E-state index contributed by atoms with van der Waals surface area (Å²) in [6.07, 6.45) is 6.13. The van der Waals surface area contributed by atoms with E-state index in [2.05, 4.69) is 19.2 Å². The fourth-order valence-electron chi connectivity index (χ4n) is 1.63. The highest BCUT2D eigenvalue weighted by atomic mass is 16.5. The van der Waals surface area contributed by atoms with Crippen LogP contribution in [0.5, 0.6) is 0 Å². The van der Waals surface area contributed by atoms with Crippen LogP contribution < -0.4 is 11.1 Å². The summed E-state index contributed by atoms with van der Waals surface area (Å²) in [6, 6.07) is 0. The summed E-state index contributed by atoms with van der Waals surface area (Å²) in [4.78, 5) is 0. The Morgan fingerprint density at radius 2 is 1.94 bits per heavy atom. The number of nitrogens with two attached hydrogens (primary N) is 1. The molecule has 16 heavy (non-hydrogen) atoms. The van der Waals surface area contributed by atoms with Gasteiger partial charge in [0.15, 0.2) is 0 Å². The van der Waals surface area contributed by atoms with Gasteiger partial charge in [0.2, 0.25) is 0 Å². The van der Waals surface area contributed by atoms with Gasteiger partial charge in [0.1, 0.15) is 0 Å². The van der Waals surface area contributed by atoms with E-state index in [9.17, 15) is 0 Å². The van der Waals surface area contributed by atoms with Crippen molar-refractivity contribution in [2.45, 2.75) is 51.5 Å². The van der Waals surface area contributed by atoms with E-state index in [1.165, 1.54) is 12.8 Å². The average Bonchev–Trinajstić information content (AvgIpc) is 2.97. The lowest BCUT2D eigenvalue weighted by Gasteiger charge is -2.17. The largest absolute Gasteiger partial charge is 0.381 e. The summed E-state index contributed by atoms with van der Waals surface area (Å²) in [7, 11) is 0. The molecular weight excluding hydrogens is 200 g/mol. The Labute approximate surface area is 100 Å². The summed E-state index contributed by atoms with van der Waals surface area (Å²) in [6.45, 7) is 8.20. The van der Waals surface area contributed by atoms with Gasteiger partial charge < -0.3 is 15.8 Å². The number of hydrogen-bond donors (Lipinski definition) is 2. The van der Waals surface area contributed by atoms with Gasteiger partial charge in [0, 0.05) is 18.8 Å². The van der Waals surface area contributed by atoms with E-state index in [-0.39, 0.29) is 5.54 Å². The molecule has 3 N–H and O–H groups in total. The third-order valence-electron chi connectivity index (χ3n) is 2.87. The highest BCUT2D eigenvalue weighted by Gasteiger charge is 2.20. The Morgan fingerprint density at radius 1 is 1.25 bits per heavy atom. The molecule has 0 unspecified atom stereocenters. The molecule has 0 aromatic carbocycles. The van der Waals surface area contributed by atoms with Crippen LogP contribution in [-0.2, 0) is 4.74 Å². The molecule has 1 rings (SSSR count). The SMILES string of the molecule is CC(C)(N)CCCNCCCOCC1CC1. The van der Waals surface area contributed by atoms with Crippen LogP contribution in [0.3, 0.4) is 0 Å². The lowest BCUT2D eigenvalue weighted by atomic mass is 10.0. The van der Waals surface area contributed by atoms with Crippen LogP contribution in [0, 0.1) is 5.92 Å². The molecule has 0 atom stereocenters. The number of nitrogens with one attached hydrogen (secondary N) is 1. The summed E-state index contributed by atoms with van der Waals surface area (Å²) >= 11 is 0. The van der Waals surface area contributed by atoms with E-state index in [0.29, 0.717) is 0 Å². The van der Waals surface area contributed by atoms with Gasteiger partial charge in [0.05, 0.1) is 0 Å². The Kier molecular flexibility index (Phi) is 6.32. The van der Waals surface area contributed by atoms with Crippen molar-refractivity contribution in [2.24, 2.45) is 11.7 Å². The molecule has 1 aliphatic carbocycles. The van der Waals surface area contributed by atoms with Crippen molar-refractivity contribution in [3.63, 3.8) is 0 Å². The lowest BCUT2D eigenvalue weighted by molar-refractivity contribution is 0.122. The Bertz CT molecular complexity index is 173. The van der Waals surface area contributed by atoms with Gasteiger partial charge in [-0.05, 0) is 65.0 Å². The highest BCUT2D eigenvalue weighted by molar-refractivity contribution is 4.72. The molecule has 0 heterocycles. The predicted octanol–water partition coefficient (Wildman–Crippen LogP) is 1.91. The number of ether oxygens (including phenoxy) is 1. The second-order valence-electron chi connectivity index (χ2n) is 5.71. The van der Waals surface area contributed by atoms with Crippen molar-refractivity contribution in [3.8, 4) is 0 Å². The molecule has 1 aliphatic rings. The zero-order chi connectivity index (χ0) is 11.9. The van der Waals surface area contributed by atoms with E-state index >= 15 is 0 Å². The highest BCUT2D eigenvalue weighted by Crippen LogP contribution is 2.28. The molecule has 0 saturated heterocycles. The smallest absolute Gasteiger partial charge is 0.0494 e. The predicted molar refractivity (Wildman–Crippen MR) is 68.5 cm³/mol. The van der Waals surface area contributed by atoms with Crippen LogP contribution >= 0.6 is 0 Å². The van der Waals surface area contributed by atoms with Crippen molar-refractivity contribution in [2.75, 3.05) is 26.3 Å². The minimum atomic E-state index is -0.0188. The minimum absolute atomic E-state index is 0.0188. The van der Waals surface area contributed by atoms with E-state index in [1.54, 1.807) is 0 Å². The van der Waals surface area contributed by atoms with Crippen molar-refractivity contribution in [1.82, 2.24) is 5.32 Å². The molecule has 1 saturated carbocycles. The van der Waals surface area contributed by atoms with E-state index < -0.39 is 0 Å². The maximum Gasteiger partial charge on any atom is 0.0494 e. The van der Waals surface area contributed by atoms with Gasteiger partial charge in [-0.1, -0.05) is 0 Å². The standard InChI is InChI=1S/C13H28N2O/c1-13(2,14)7-3-8-15-9-4-10-16-11-12-5-6-12/h12,15H,3-11,14H2,1-2H3. The Balaban J connectivity index is 1.70. The average molecular weight is 228 g/mol. The molecular formula is C13H28N2O. The molecule has 0 aromatic rings. The number of hydrogen-bond acceptors (Lipinski definition) is 3. The van der Waals surface area contributed by atoms with E-state index in [0.717, 1.165) is 51.5 Å². The second-order valence-corrected chi connectivity index (χ2v) is 5.71. The fraction of sp³-hybridized carbons (Fsp3) is 1.00. The first kappa shape index (κ1) is 13.9. The van der Waals surface area contributed by atoms with E-state index in [4.69, 9.17) is 10.5 Å². The minimum Gasteiger partial charge on any atom is -0.381 e. The summed E-state index contributed by atoms with van der Waals surface area (Å²) < 4.78 is 5.56. The molecule has 0 radical (unpaired) electrons. The van der Waals surface area contributed by atoms with Crippen LogP contribution in [-0.4, -0.2) is 31.8 Å². The third kappa shape index (κ3) is 9.13. The van der Waals surface area contributed by atoms with Crippen LogP contribution in [0.4, 0.5) is 0 Å². The van der Waals surface area contributed by atoms with Crippen molar-refractivity contribution in [1.29, 1.82) is 0 Å². The van der Waals surface area contributed by atoms with Crippen LogP contribution in [0.25, 0.3) is 0 Å². The Morgan fingerprint density at radius 3 is 2.56 bits per heavy atom. The fourth-order valence-corrected chi connectivity index (χ4v) is 1.63. The normalized spacial score (nSPS) is 16.7. The van der Waals surface area contributed by atoms with Crippen molar-refractivity contribution < 1.29 is 4.74 Å². The van der Waals surface area contributed by atoms with Gasteiger partial charge in [-0.15, -0.1) is 0 Å². The maximum atomic E-state index is 5.90. The molecule has 96 valence electrons. The zero-order valence-electron chi connectivity index (χ0n) is 10.9. The lowest BCUT2D eigenvalue weighted by Crippen LogP contribution is -2.32. The van der Waals surface area contributed by atoms with Gasteiger partial charge in [-0.25, -0.2) is 0 Å². The van der Waals surface area contributed by atoms with Gasteiger partial charge in [-0.2, -0.15) is 0 Å². The van der Waals surface area contributed by atoms with Crippen molar-refractivity contribution >= 4 is 0 Å². The van der Waals surface area contributed by atoms with E-state index in [1.807, 2.05) is 0 Å². The molecule has 1 fully saturated rings. The summed E-state index contributed by atoms with van der Waals surface area (Å²) in [5.74, 6) is 0.889. The molecule has 3 heteroatoms. The van der Waals surface area contributed by atoms with Gasteiger partial charge in [-0.3, -0.25) is 0 Å². The molecule has 0 aliphatic heterocycles. The summed E-state index contributed by atoms with van der Waals surface area (Å²) in [5.41, 5.74) is 5.88. The monoisotopic (exact) mass is 228 g/mol. The Hall–Kier alpha value is -0.120. The van der Waals surface area contributed by atoms with Gasteiger partial charge >= 0.3 is 0 Å². The maximum absolute atomic E-state index is 5.90. The third-order valence-corrected chi connectivity index (χ3v) is 2.87. The van der Waals surface area contributed by atoms with Crippen LogP contribution in [0.15, 0.2) is 0 Å². The first-order chi connectivity index (χ1) is 7.58. The first-order valence-corrected chi connectivity index (χ1v) is 6.65. The topological polar surface area (TPSA) is 47.3 Å². The quantitative estimate of drug-likeness (QED) is 0.562.